The molecule has 4 heterocycles. The Labute approximate surface area is 179 Å². The third-order valence-electron chi connectivity index (χ3n) is 5.56. The molecule has 0 unspecified atom stereocenters. The number of nitrogens with one attached hydrogen (secondary N) is 2. The van der Waals surface area contributed by atoms with E-state index >= 15 is 0 Å². The standard InChI is InChI=1S/C23H23N7O/c1-14-4-9-18(27-13-14)28-23(31)16-7-5-15(6-8-16)19-20-21(24)26-11-12-30(20)22(29-19)17-3-2-10-25-17/h4-9,11-13,17,25H,2-3,10H2,1H3,(H2,24,26)(H,27,28,31)/t17-/m0/s1. The van der Waals surface area contributed by atoms with Crippen molar-refractivity contribution in [2.24, 2.45) is 0 Å². The number of aromatic nitrogens is 4. The van der Waals surface area contributed by atoms with Crippen molar-refractivity contribution in [3.05, 3.63) is 71.9 Å². The van der Waals surface area contributed by atoms with E-state index in [4.69, 9.17) is 10.7 Å². The minimum Gasteiger partial charge on any atom is -0.382 e. The van der Waals surface area contributed by atoms with Crippen molar-refractivity contribution in [3.8, 4) is 11.3 Å². The summed E-state index contributed by atoms with van der Waals surface area (Å²) in [7, 11) is 0. The quantitative estimate of drug-likeness (QED) is 0.473. The van der Waals surface area contributed by atoms with Crippen LogP contribution in [0, 0.1) is 6.92 Å². The number of nitrogen functional groups attached to an aromatic ring is 1. The van der Waals surface area contributed by atoms with Gasteiger partial charge < -0.3 is 16.4 Å². The number of anilines is 2. The predicted molar refractivity (Wildman–Crippen MR) is 120 cm³/mol. The number of fused-ring (bicyclic) bond motifs is 1. The number of pyridine rings is 1. The number of carbonyl (C=O) groups excluding carboxylic acids is 1. The van der Waals surface area contributed by atoms with E-state index in [1.165, 1.54) is 0 Å². The van der Waals surface area contributed by atoms with E-state index in [2.05, 4.69) is 20.6 Å². The van der Waals surface area contributed by atoms with Crippen molar-refractivity contribution >= 4 is 23.1 Å². The van der Waals surface area contributed by atoms with Crippen molar-refractivity contribution in [1.82, 2.24) is 24.7 Å². The maximum Gasteiger partial charge on any atom is 0.256 e. The van der Waals surface area contributed by atoms with E-state index in [1.54, 1.807) is 30.6 Å². The Bertz CT molecular complexity index is 1240. The van der Waals surface area contributed by atoms with Gasteiger partial charge in [-0.3, -0.25) is 9.20 Å². The Hall–Kier alpha value is -3.78. The molecule has 8 heteroatoms. The summed E-state index contributed by atoms with van der Waals surface area (Å²) in [4.78, 5) is 26.0. The first kappa shape index (κ1) is 19.2. The van der Waals surface area contributed by atoms with Crippen molar-refractivity contribution in [2.45, 2.75) is 25.8 Å². The molecule has 5 rings (SSSR count). The van der Waals surface area contributed by atoms with E-state index in [1.807, 2.05) is 35.7 Å². The summed E-state index contributed by atoms with van der Waals surface area (Å²) >= 11 is 0. The number of hydrogen-bond acceptors (Lipinski definition) is 6. The van der Waals surface area contributed by atoms with E-state index < -0.39 is 0 Å². The van der Waals surface area contributed by atoms with Crippen LogP contribution in [-0.4, -0.2) is 31.8 Å². The normalized spacial score (nSPS) is 16.0. The van der Waals surface area contributed by atoms with Gasteiger partial charge in [0.15, 0.2) is 0 Å². The van der Waals surface area contributed by atoms with Gasteiger partial charge in [-0.05, 0) is 50.1 Å². The molecule has 0 aliphatic carbocycles. The molecule has 4 N–H and O–H groups in total. The van der Waals surface area contributed by atoms with Crippen LogP contribution in [0.4, 0.5) is 11.6 Å². The lowest BCUT2D eigenvalue weighted by atomic mass is 10.1. The third-order valence-corrected chi connectivity index (χ3v) is 5.56. The first-order chi connectivity index (χ1) is 15.1. The molecule has 4 aromatic rings. The fourth-order valence-electron chi connectivity index (χ4n) is 3.95. The van der Waals surface area contributed by atoms with Gasteiger partial charge in [-0.1, -0.05) is 18.2 Å². The number of benzene rings is 1. The Morgan fingerprint density at radius 2 is 2.03 bits per heavy atom. The summed E-state index contributed by atoms with van der Waals surface area (Å²) in [5.41, 5.74) is 10.2. The molecule has 3 aromatic heterocycles. The van der Waals surface area contributed by atoms with Gasteiger partial charge in [-0.15, -0.1) is 0 Å². The molecule has 31 heavy (non-hydrogen) atoms. The third kappa shape index (κ3) is 3.62. The zero-order valence-corrected chi connectivity index (χ0v) is 17.2. The summed E-state index contributed by atoms with van der Waals surface area (Å²) in [5.74, 6) is 1.67. The molecule has 0 bridgehead atoms. The first-order valence-electron chi connectivity index (χ1n) is 10.3. The fraction of sp³-hybridized carbons (Fsp3) is 0.217. The van der Waals surface area contributed by atoms with Crippen LogP contribution in [0.5, 0.6) is 0 Å². The van der Waals surface area contributed by atoms with Crippen molar-refractivity contribution in [3.63, 3.8) is 0 Å². The van der Waals surface area contributed by atoms with Gasteiger partial charge in [-0.2, -0.15) is 0 Å². The van der Waals surface area contributed by atoms with Gasteiger partial charge in [-0.25, -0.2) is 15.0 Å². The number of amides is 1. The van der Waals surface area contributed by atoms with Gasteiger partial charge in [0.1, 0.15) is 28.7 Å². The summed E-state index contributed by atoms with van der Waals surface area (Å²) < 4.78 is 2.02. The highest BCUT2D eigenvalue weighted by Crippen LogP contribution is 2.32. The van der Waals surface area contributed by atoms with E-state index in [0.29, 0.717) is 17.2 Å². The Morgan fingerprint density at radius 1 is 1.19 bits per heavy atom. The molecule has 1 fully saturated rings. The van der Waals surface area contributed by atoms with Crippen LogP contribution in [0.1, 0.15) is 40.6 Å². The Kier molecular flexibility index (Phi) is 4.83. The predicted octanol–water partition coefficient (Wildman–Crippen LogP) is 3.36. The van der Waals surface area contributed by atoms with Crippen LogP contribution in [0.15, 0.2) is 55.0 Å². The molecule has 0 spiro atoms. The molecule has 1 amide bonds. The van der Waals surface area contributed by atoms with Crippen LogP contribution >= 0.6 is 0 Å². The van der Waals surface area contributed by atoms with Crippen LogP contribution in [0.2, 0.25) is 0 Å². The highest BCUT2D eigenvalue weighted by molar-refractivity contribution is 6.04. The lowest BCUT2D eigenvalue weighted by Gasteiger charge is -2.08. The zero-order valence-electron chi connectivity index (χ0n) is 17.2. The maximum absolute atomic E-state index is 12.6. The highest BCUT2D eigenvalue weighted by Gasteiger charge is 2.24. The summed E-state index contributed by atoms with van der Waals surface area (Å²) in [6, 6.07) is 11.2. The monoisotopic (exact) mass is 413 g/mol. The molecule has 156 valence electrons. The minimum absolute atomic E-state index is 0.190. The number of hydrogen-bond donors (Lipinski definition) is 3. The van der Waals surface area contributed by atoms with Gasteiger partial charge in [0, 0.05) is 29.7 Å². The molecule has 1 atom stereocenters. The second kappa shape index (κ2) is 7.81. The molecular formula is C23H23N7O. The Balaban J connectivity index is 1.47. The summed E-state index contributed by atoms with van der Waals surface area (Å²) in [6.07, 6.45) is 7.46. The summed E-state index contributed by atoms with van der Waals surface area (Å²) in [5, 5.41) is 6.31. The van der Waals surface area contributed by atoms with Gasteiger partial charge in [0.05, 0.1) is 6.04 Å². The average Bonchev–Trinajstić information content (AvgIpc) is 3.44. The molecule has 0 radical (unpaired) electrons. The lowest BCUT2D eigenvalue weighted by molar-refractivity contribution is 0.102. The van der Waals surface area contributed by atoms with E-state index in [0.717, 1.165) is 47.5 Å². The molecule has 1 aliphatic rings. The SMILES string of the molecule is Cc1ccc(NC(=O)c2ccc(-c3nc([C@@H]4CCCN4)n4ccnc(N)c34)cc2)nc1. The number of nitrogens with two attached hydrogens (primary N) is 1. The van der Waals surface area contributed by atoms with Crippen molar-refractivity contribution in [1.29, 1.82) is 0 Å². The van der Waals surface area contributed by atoms with Crippen LogP contribution in [0.25, 0.3) is 16.8 Å². The second-order valence-electron chi connectivity index (χ2n) is 7.75. The minimum atomic E-state index is -0.213. The lowest BCUT2D eigenvalue weighted by Crippen LogP contribution is -2.16. The van der Waals surface area contributed by atoms with E-state index in [9.17, 15) is 4.79 Å². The average molecular weight is 413 g/mol. The number of carbonyl (C=O) groups is 1. The van der Waals surface area contributed by atoms with E-state index in [-0.39, 0.29) is 11.9 Å². The number of imidazole rings is 1. The number of nitrogens with zero attached hydrogens (tertiary/aromatic N) is 4. The van der Waals surface area contributed by atoms with Gasteiger partial charge >= 0.3 is 0 Å². The van der Waals surface area contributed by atoms with Crippen LogP contribution in [-0.2, 0) is 0 Å². The molecule has 1 saturated heterocycles. The molecule has 8 nitrogen and oxygen atoms in total. The Morgan fingerprint density at radius 3 is 2.74 bits per heavy atom. The maximum atomic E-state index is 12.6. The van der Waals surface area contributed by atoms with Crippen molar-refractivity contribution < 1.29 is 4.79 Å². The molecule has 1 aliphatic heterocycles. The van der Waals surface area contributed by atoms with Gasteiger partial charge in [0.25, 0.3) is 5.91 Å². The fourth-order valence-corrected chi connectivity index (χ4v) is 3.95. The number of aryl methyl sites for hydroxylation is 1. The largest absolute Gasteiger partial charge is 0.382 e. The zero-order chi connectivity index (χ0) is 21.4. The number of rotatable bonds is 4. The smallest absolute Gasteiger partial charge is 0.256 e. The van der Waals surface area contributed by atoms with Crippen LogP contribution in [0.3, 0.4) is 0 Å². The van der Waals surface area contributed by atoms with Crippen molar-refractivity contribution in [2.75, 3.05) is 17.6 Å². The molecule has 1 aromatic carbocycles. The molecule has 0 saturated carbocycles. The van der Waals surface area contributed by atoms with Gasteiger partial charge in [0.2, 0.25) is 0 Å². The van der Waals surface area contributed by atoms with Crippen LogP contribution < -0.4 is 16.4 Å². The molecular weight excluding hydrogens is 390 g/mol. The summed E-state index contributed by atoms with van der Waals surface area (Å²) in [6.45, 7) is 2.93. The second-order valence-corrected chi connectivity index (χ2v) is 7.75. The first-order valence-corrected chi connectivity index (χ1v) is 10.3. The highest BCUT2D eigenvalue weighted by atomic mass is 16.1. The topological polar surface area (TPSA) is 110 Å².